The van der Waals surface area contributed by atoms with Crippen LogP contribution in [0.2, 0.25) is 0 Å². The zero-order valence-corrected chi connectivity index (χ0v) is 22.0. The van der Waals surface area contributed by atoms with E-state index in [9.17, 15) is 5.11 Å². The molecule has 3 aromatic rings. The van der Waals surface area contributed by atoms with Crippen LogP contribution >= 0.6 is 0 Å². The van der Waals surface area contributed by atoms with E-state index in [-0.39, 0.29) is 5.92 Å². The van der Waals surface area contributed by atoms with Crippen LogP contribution in [0.3, 0.4) is 0 Å². The second-order valence-corrected chi connectivity index (χ2v) is 11.0. The van der Waals surface area contributed by atoms with Crippen molar-refractivity contribution in [1.82, 2.24) is 4.98 Å². The molecule has 1 aliphatic rings. The molecule has 186 valence electrons. The Morgan fingerprint density at radius 2 is 1.83 bits per heavy atom. The number of hydrogen-bond donors (Lipinski definition) is 2. The Balaban J connectivity index is 1.65. The molecule has 1 heterocycles. The van der Waals surface area contributed by atoms with Gasteiger partial charge in [-0.2, -0.15) is 0 Å². The predicted octanol–water partition coefficient (Wildman–Crippen LogP) is 7.06. The van der Waals surface area contributed by atoms with Gasteiger partial charge in [-0.15, -0.1) is 0 Å². The highest BCUT2D eigenvalue weighted by Crippen LogP contribution is 2.47. The van der Waals surface area contributed by atoms with Gasteiger partial charge in [-0.3, -0.25) is 15.3 Å². The van der Waals surface area contributed by atoms with Gasteiger partial charge in [0.2, 0.25) is 0 Å². The fourth-order valence-electron chi connectivity index (χ4n) is 5.92. The molecule has 0 radical (unpaired) electrons. The summed E-state index contributed by atoms with van der Waals surface area (Å²) in [7, 11) is 1.60. The summed E-state index contributed by atoms with van der Waals surface area (Å²) in [5, 5.41) is 11.1. The van der Waals surface area contributed by atoms with Crippen LogP contribution in [-0.2, 0) is 11.3 Å². The van der Waals surface area contributed by atoms with E-state index in [0.717, 1.165) is 24.1 Å². The van der Waals surface area contributed by atoms with Crippen molar-refractivity contribution >= 4 is 5.69 Å². The highest BCUT2D eigenvalue weighted by Gasteiger charge is 2.36. The largest absolute Gasteiger partial charge is 0.390 e. The smallest absolute Gasteiger partial charge is 0.0663 e. The van der Waals surface area contributed by atoms with E-state index in [1.54, 1.807) is 7.11 Å². The van der Waals surface area contributed by atoms with Gasteiger partial charge in [0, 0.05) is 18.0 Å². The maximum Gasteiger partial charge on any atom is 0.0663 e. The highest BCUT2D eigenvalue weighted by molar-refractivity contribution is 5.45. The number of hydrogen-bond acceptors (Lipinski definition) is 4. The first kappa shape index (κ1) is 25.4. The molecule has 1 aliphatic carbocycles. The van der Waals surface area contributed by atoms with Gasteiger partial charge in [0.25, 0.3) is 0 Å². The molecule has 2 N–H and O–H groups in total. The summed E-state index contributed by atoms with van der Waals surface area (Å²) in [6.45, 7) is 10.9. The Bertz CT molecular complexity index is 1120. The third-order valence-corrected chi connectivity index (χ3v) is 7.88. The van der Waals surface area contributed by atoms with Crippen LogP contribution in [-0.4, -0.2) is 22.8 Å². The number of anilines is 1. The van der Waals surface area contributed by atoms with Crippen molar-refractivity contribution in [3.8, 4) is 0 Å². The number of benzene rings is 2. The Hall–Kier alpha value is -2.69. The third-order valence-electron chi connectivity index (χ3n) is 7.88. The second-order valence-electron chi connectivity index (χ2n) is 11.0. The van der Waals surface area contributed by atoms with Crippen LogP contribution in [0.25, 0.3) is 0 Å². The summed E-state index contributed by atoms with van der Waals surface area (Å²) < 4.78 is 0. The zero-order chi connectivity index (χ0) is 25.2. The van der Waals surface area contributed by atoms with Crippen molar-refractivity contribution in [2.24, 2.45) is 11.8 Å². The quantitative estimate of drug-likeness (QED) is 0.345. The molecular weight excluding hydrogens is 432 g/mol. The molecule has 4 unspecified atom stereocenters. The molecule has 0 fully saturated rings. The molecule has 1 aromatic heterocycles. The number of pyridine rings is 1. The van der Waals surface area contributed by atoms with E-state index in [0.29, 0.717) is 23.7 Å². The SMILES string of the molecule is CONc1ccc(C(Cc2cccc(C3CC(C(C)C)C(C)c4cccnc43)c2)C(C)(C)O)cc1. The topological polar surface area (TPSA) is 54.4 Å². The van der Waals surface area contributed by atoms with Crippen molar-refractivity contribution in [1.29, 1.82) is 0 Å². The van der Waals surface area contributed by atoms with Crippen molar-refractivity contribution in [3.05, 3.63) is 94.8 Å². The van der Waals surface area contributed by atoms with Crippen molar-refractivity contribution < 1.29 is 9.94 Å². The summed E-state index contributed by atoms with van der Waals surface area (Å²) in [6.07, 6.45) is 3.82. The van der Waals surface area contributed by atoms with E-state index in [1.165, 1.54) is 22.4 Å². The van der Waals surface area contributed by atoms with Crippen LogP contribution in [0.15, 0.2) is 66.9 Å². The average Bonchev–Trinajstić information content (AvgIpc) is 2.83. The molecule has 2 aromatic carbocycles. The number of fused-ring (bicyclic) bond motifs is 1. The Morgan fingerprint density at radius 1 is 1.09 bits per heavy atom. The summed E-state index contributed by atoms with van der Waals surface area (Å²) in [4.78, 5) is 9.88. The maximum absolute atomic E-state index is 11.1. The van der Waals surface area contributed by atoms with Gasteiger partial charge in [0.1, 0.15) is 0 Å². The predicted molar refractivity (Wildman–Crippen MR) is 144 cm³/mol. The number of aliphatic hydroxyl groups is 1. The second kappa shape index (κ2) is 10.5. The first-order valence-corrected chi connectivity index (χ1v) is 12.8. The van der Waals surface area contributed by atoms with Gasteiger partial charge in [-0.1, -0.05) is 63.2 Å². The Labute approximate surface area is 210 Å². The lowest BCUT2D eigenvalue weighted by atomic mass is 9.67. The fraction of sp³-hybridized carbons (Fsp3) is 0.452. The lowest BCUT2D eigenvalue weighted by Gasteiger charge is -2.38. The molecule has 4 atom stereocenters. The van der Waals surface area contributed by atoms with E-state index >= 15 is 0 Å². The van der Waals surface area contributed by atoms with Crippen molar-refractivity contribution in [2.45, 2.75) is 70.8 Å². The number of rotatable bonds is 8. The van der Waals surface area contributed by atoms with Crippen molar-refractivity contribution in [2.75, 3.05) is 12.6 Å². The molecule has 0 spiro atoms. The lowest BCUT2D eigenvalue weighted by Crippen LogP contribution is -2.30. The minimum Gasteiger partial charge on any atom is -0.390 e. The van der Waals surface area contributed by atoms with Crippen LogP contribution in [0.1, 0.15) is 86.7 Å². The molecule has 0 saturated carbocycles. The first-order valence-electron chi connectivity index (χ1n) is 12.8. The Kier molecular flexibility index (Phi) is 7.63. The summed E-state index contributed by atoms with van der Waals surface area (Å²) in [5.74, 6) is 2.04. The molecule has 0 aliphatic heterocycles. The molecule has 4 rings (SSSR count). The van der Waals surface area contributed by atoms with E-state index < -0.39 is 5.60 Å². The summed E-state index contributed by atoms with van der Waals surface area (Å²) >= 11 is 0. The minimum absolute atomic E-state index is 0.0328. The van der Waals surface area contributed by atoms with Gasteiger partial charge in [-0.25, -0.2) is 0 Å². The van der Waals surface area contributed by atoms with Gasteiger partial charge in [-0.05, 0) is 84.9 Å². The molecule has 0 bridgehead atoms. The van der Waals surface area contributed by atoms with Crippen LogP contribution in [0.4, 0.5) is 5.69 Å². The molecule has 0 saturated heterocycles. The van der Waals surface area contributed by atoms with E-state index in [4.69, 9.17) is 9.82 Å². The van der Waals surface area contributed by atoms with E-state index in [2.05, 4.69) is 74.8 Å². The van der Waals surface area contributed by atoms with E-state index in [1.807, 2.05) is 32.2 Å². The summed E-state index contributed by atoms with van der Waals surface area (Å²) in [5.41, 5.74) is 9.21. The first-order chi connectivity index (χ1) is 16.7. The van der Waals surface area contributed by atoms with Gasteiger partial charge in [0.05, 0.1) is 24.1 Å². The summed E-state index contributed by atoms with van der Waals surface area (Å²) in [6, 6.07) is 21.4. The average molecular weight is 473 g/mol. The van der Waals surface area contributed by atoms with Crippen LogP contribution in [0, 0.1) is 11.8 Å². The number of aromatic nitrogens is 1. The van der Waals surface area contributed by atoms with Crippen LogP contribution in [0.5, 0.6) is 0 Å². The van der Waals surface area contributed by atoms with Gasteiger partial charge >= 0.3 is 0 Å². The zero-order valence-electron chi connectivity index (χ0n) is 22.0. The van der Waals surface area contributed by atoms with Gasteiger partial charge < -0.3 is 5.11 Å². The normalized spacial score (nSPS) is 21.0. The highest BCUT2D eigenvalue weighted by atomic mass is 16.6. The molecular formula is C31H40N2O2. The maximum atomic E-state index is 11.1. The van der Waals surface area contributed by atoms with Crippen LogP contribution < -0.4 is 5.48 Å². The minimum atomic E-state index is -0.858. The molecule has 4 heteroatoms. The van der Waals surface area contributed by atoms with Gasteiger partial charge in [0.15, 0.2) is 0 Å². The lowest BCUT2D eigenvalue weighted by molar-refractivity contribution is 0.0496. The fourth-order valence-corrected chi connectivity index (χ4v) is 5.92. The standard InChI is InChI=1S/C31H40N2O2/c1-20(2)27-19-28(30-26(21(27)3)11-8-16-32-30)24-10-7-9-22(17-24)18-29(31(4,5)34)23-12-14-25(15-13-23)33-35-6/h7-17,20-21,27-29,33-34H,18-19H2,1-6H3. The molecule has 0 amide bonds. The molecule has 4 nitrogen and oxygen atoms in total. The number of nitrogens with one attached hydrogen (secondary N) is 1. The number of nitrogens with zero attached hydrogens (tertiary/aromatic N) is 1. The molecule has 35 heavy (non-hydrogen) atoms. The van der Waals surface area contributed by atoms with Crippen molar-refractivity contribution in [3.63, 3.8) is 0 Å². The monoisotopic (exact) mass is 472 g/mol. The Morgan fingerprint density at radius 3 is 2.49 bits per heavy atom. The third kappa shape index (κ3) is 5.60.